The van der Waals surface area contributed by atoms with Gasteiger partial charge in [-0.15, -0.1) is 0 Å². The average Bonchev–Trinajstić information content (AvgIpc) is 3.45. The highest BCUT2D eigenvalue weighted by Gasteiger charge is 2.37. The van der Waals surface area contributed by atoms with Gasteiger partial charge in [0.2, 0.25) is 0 Å². The van der Waals surface area contributed by atoms with E-state index < -0.39 is 259 Å². The first kappa shape index (κ1) is 13.6. The second-order valence-electron chi connectivity index (χ2n) is 12.7. The van der Waals surface area contributed by atoms with Crippen LogP contribution in [-0.4, -0.2) is 4.57 Å². The molecule has 0 N–H and O–H groups in total. The summed E-state index contributed by atoms with van der Waals surface area (Å²) in [6.07, 6.45) is 0. The number of anilines is 3. The molecule has 0 radical (unpaired) electrons. The van der Waals surface area contributed by atoms with Crippen molar-refractivity contribution in [1.29, 1.82) is 0 Å². The molecule has 0 unspecified atom stereocenters. The highest BCUT2D eigenvalue weighted by atomic mass is 15.1. The van der Waals surface area contributed by atoms with Gasteiger partial charge in [0.1, 0.15) is 0 Å². The molecule has 8 aromatic carbocycles. The third kappa shape index (κ3) is 4.94. The van der Waals surface area contributed by atoms with E-state index in [1.807, 2.05) is 0 Å². The number of para-hydroxylation sites is 2. The summed E-state index contributed by atoms with van der Waals surface area (Å²) < 4.78 is 274. The van der Waals surface area contributed by atoms with Crippen LogP contribution in [0.25, 0.3) is 60.9 Å². The summed E-state index contributed by atoms with van der Waals surface area (Å²) >= 11 is 0. The summed E-state index contributed by atoms with van der Waals surface area (Å²) in [6, 6.07) is -26.0. The molecule has 9 aromatic rings. The predicted octanol–water partition coefficient (Wildman–Crippen LogP) is 14.2. The van der Waals surface area contributed by atoms with Gasteiger partial charge in [-0.05, 0) is 106 Å². The Morgan fingerprint density at radius 2 is 1.17 bits per heavy atom. The molecular formula is C52H40N2. The third-order valence-corrected chi connectivity index (χ3v) is 9.35. The van der Waals surface area contributed by atoms with Crippen molar-refractivity contribution < 1.29 is 41.1 Å². The molecule has 0 fully saturated rings. The number of hydrogen-bond donors (Lipinski definition) is 0. The van der Waals surface area contributed by atoms with Crippen molar-refractivity contribution in [2.45, 2.75) is 26.2 Å². The zero-order chi connectivity index (χ0) is 62.5. The van der Waals surface area contributed by atoms with Crippen LogP contribution in [0, 0.1) is 6.92 Å². The van der Waals surface area contributed by atoms with Gasteiger partial charge < -0.3 is 9.47 Å². The fourth-order valence-corrected chi connectivity index (χ4v) is 6.89. The molecule has 0 saturated heterocycles. The maximum atomic E-state index is 10.1. The molecule has 2 nitrogen and oxygen atoms in total. The fourth-order valence-electron chi connectivity index (χ4n) is 6.89. The summed E-state index contributed by atoms with van der Waals surface area (Å²) in [4.78, 5) is 0.647. The number of benzene rings is 8. The Morgan fingerprint density at radius 3 is 1.98 bits per heavy atom. The lowest BCUT2D eigenvalue weighted by atomic mass is 9.82. The minimum Gasteiger partial charge on any atom is -0.310 e. The largest absolute Gasteiger partial charge is 0.310 e. The standard InChI is InChI=1S/C52H40N2/c1-35-34-40(32-33-41(35)42-22-14-26-48-50(42)44-21-11-13-25-47(44)54(48)38-18-8-5-9-19-38)53(39-30-28-37(29-31-39)36-16-6-4-7-17-36)49-27-15-24-46-51(49)43-20-10-12-23-45(43)52(46,2)3/h4-34H,1-3H3/i4D,5D,6D,7D,8D,9D,10D,11D,12D,13D,14D,15D,16D,17D,18D,19D,20D,21D,22D,24D,25D,26D,27D,28D,29D,30D,31D,32D,33D,34D. The molecule has 0 bridgehead atoms. The zero-order valence-corrected chi connectivity index (χ0v) is 28.5. The van der Waals surface area contributed by atoms with Crippen molar-refractivity contribution in [3.05, 3.63) is 204 Å². The summed E-state index contributed by atoms with van der Waals surface area (Å²) in [5.41, 5.74) is -10.0. The Kier molecular flexibility index (Phi) is 3.16. The molecular weight excluding hydrogens is 653 g/mol. The monoisotopic (exact) mass is 723 g/mol. The van der Waals surface area contributed by atoms with Crippen molar-refractivity contribution in [3.63, 3.8) is 0 Å². The number of fused-ring (bicyclic) bond motifs is 6. The van der Waals surface area contributed by atoms with Gasteiger partial charge in [-0.3, -0.25) is 0 Å². The quantitative estimate of drug-likeness (QED) is 0.166. The van der Waals surface area contributed by atoms with Crippen molar-refractivity contribution in [2.24, 2.45) is 0 Å². The van der Waals surface area contributed by atoms with Gasteiger partial charge in [0.05, 0.1) is 57.8 Å². The SMILES string of the molecule is [2H]c1cc2c(c([2H])c1[2H])-c1c(N(c3c([2H])c([2H])c(-c4c([2H])c([2H])c([2H])c([2H])c4[2H])c([2H])c3[2H])c3c([2H])c([2H])c(-c4c([2H])c([2H])c([2H])c5c4c4c([2H])c([2H])c([2H])c([2H])c4n5-c4c([2H])c([2H])c([2H])c([2H])c4[2H])c(C)c3[2H])c([2H])c([2H])c([2H])c1C2(C)C. The van der Waals surface area contributed by atoms with Crippen LogP contribution in [0.5, 0.6) is 0 Å². The van der Waals surface area contributed by atoms with Gasteiger partial charge in [-0.25, -0.2) is 0 Å². The van der Waals surface area contributed by atoms with Gasteiger partial charge in [0.25, 0.3) is 0 Å². The van der Waals surface area contributed by atoms with E-state index in [-0.39, 0.29) is 22.3 Å². The van der Waals surface area contributed by atoms with Crippen LogP contribution in [0.1, 0.15) is 71.7 Å². The Morgan fingerprint density at radius 1 is 0.519 bits per heavy atom. The Hall–Kier alpha value is -6.64. The lowest BCUT2D eigenvalue weighted by Gasteiger charge is -2.29. The minimum absolute atomic E-state index is 0.112. The van der Waals surface area contributed by atoms with E-state index >= 15 is 0 Å². The van der Waals surface area contributed by atoms with Crippen LogP contribution in [-0.2, 0) is 5.41 Å². The molecule has 54 heavy (non-hydrogen) atoms. The van der Waals surface area contributed by atoms with E-state index in [0.717, 1.165) is 11.5 Å². The lowest BCUT2D eigenvalue weighted by Crippen LogP contribution is -2.16. The molecule has 0 atom stereocenters. The van der Waals surface area contributed by atoms with Gasteiger partial charge in [-0.2, -0.15) is 0 Å². The van der Waals surface area contributed by atoms with Crippen LogP contribution in [0.2, 0.25) is 0 Å². The van der Waals surface area contributed by atoms with Crippen molar-refractivity contribution in [3.8, 4) is 39.1 Å². The van der Waals surface area contributed by atoms with E-state index in [9.17, 15) is 20.6 Å². The Bertz CT molecular complexity index is 4480. The molecule has 258 valence electrons. The van der Waals surface area contributed by atoms with Crippen LogP contribution >= 0.6 is 0 Å². The third-order valence-electron chi connectivity index (χ3n) is 9.35. The van der Waals surface area contributed by atoms with Crippen LogP contribution in [0.4, 0.5) is 17.1 Å². The first-order valence-corrected chi connectivity index (χ1v) is 16.4. The van der Waals surface area contributed by atoms with Gasteiger partial charge >= 0.3 is 0 Å². The van der Waals surface area contributed by atoms with Gasteiger partial charge in [-0.1, -0.05) is 147 Å². The highest BCUT2D eigenvalue weighted by molar-refractivity contribution is 6.16. The molecule has 10 rings (SSSR count). The second kappa shape index (κ2) is 12.5. The maximum absolute atomic E-state index is 10.1. The molecule has 0 spiro atoms. The number of nitrogens with zero attached hydrogens (tertiary/aromatic N) is 2. The topological polar surface area (TPSA) is 8.17 Å². The molecule has 1 aliphatic rings. The van der Waals surface area contributed by atoms with Crippen LogP contribution in [0.15, 0.2) is 187 Å². The smallest absolute Gasteiger partial charge is 0.0648 e. The zero-order valence-electron chi connectivity index (χ0n) is 58.5. The van der Waals surface area contributed by atoms with E-state index in [1.54, 1.807) is 13.8 Å². The molecule has 0 aliphatic heterocycles. The Labute approximate surface area is 359 Å². The summed E-state index contributed by atoms with van der Waals surface area (Å²) in [6.45, 7) is 4.24. The molecule has 2 heteroatoms. The minimum atomic E-state index is -1.48. The lowest BCUT2D eigenvalue weighted by molar-refractivity contribution is 0.660. The summed E-state index contributed by atoms with van der Waals surface area (Å²) in [5, 5.41) is -1.11. The molecule has 0 saturated carbocycles. The maximum Gasteiger partial charge on any atom is 0.0648 e. The van der Waals surface area contributed by atoms with Crippen molar-refractivity contribution in [2.75, 3.05) is 4.90 Å². The van der Waals surface area contributed by atoms with Gasteiger partial charge in [0, 0.05) is 38.8 Å². The van der Waals surface area contributed by atoms with E-state index in [0.29, 0.717) is 4.90 Å². The second-order valence-corrected chi connectivity index (χ2v) is 12.7. The predicted molar refractivity (Wildman–Crippen MR) is 229 cm³/mol. The number of rotatable bonds is 6. The molecule has 1 aliphatic carbocycles. The highest BCUT2D eigenvalue weighted by Crippen LogP contribution is 2.54. The van der Waals surface area contributed by atoms with Crippen LogP contribution in [0.3, 0.4) is 0 Å². The summed E-state index contributed by atoms with van der Waals surface area (Å²) in [7, 11) is 0. The van der Waals surface area contributed by atoms with Crippen molar-refractivity contribution in [1.82, 2.24) is 4.57 Å². The average molecular weight is 723 g/mol. The number of hydrogen-bond acceptors (Lipinski definition) is 1. The summed E-state index contributed by atoms with van der Waals surface area (Å²) in [5.74, 6) is 0. The first-order chi connectivity index (χ1) is 39.0. The van der Waals surface area contributed by atoms with E-state index in [2.05, 4.69) is 0 Å². The number of aromatic nitrogens is 1. The van der Waals surface area contributed by atoms with Gasteiger partial charge in [0.15, 0.2) is 0 Å². The Balaban J connectivity index is 1.43. The van der Waals surface area contributed by atoms with Crippen molar-refractivity contribution >= 4 is 38.9 Å². The van der Waals surface area contributed by atoms with E-state index in [4.69, 9.17) is 20.6 Å². The fraction of sp³-hybridized carbons (Fsp3) is 0.0769. The molecule has 1 aromatic heterocycles. The first-order valence-electron chi connectivity index (χ1n) is 31.4. The normalized spacial score (nSPS) is 20.6. The van der Waals surface area contributed by atoms with E-state index in [1.165, 1.54) is 6.07 Å². The molecule has 1 heterocycles. The van der Waals surface area contributed by atoms with Crippen LogP contribution < -0.4 is 4.90 Å². The molecule has 0 amide bonds.